The molecule has 10 heteroatoms. The number of sulfonamides is 1. The lowest BCUT2D eigenvalue weighted by molar-refractivity contribution is 0.0341. The summed E-state index contributed by atoms with van der Waals surface area (Å²) in [7, 11) is -4.04. The van der Waals surface area contributed by atoms with Crippen molar-refractivity contribution in [2.24, 2.45) is 5.41 Å². The van der Waals surface area contributed by atoms with Crippen molar-refractivity contribution in [1.29, 1.82) is 0 Å². The normalized spacial score (nSPS) is 15.7. The fourth-order valence-corrected chi connectivity index (χ4v) is 5.27. The maximum Gasteiger partial charge on any atom is 0.263 e. The quantitative estimate of drug-likeness (QED) is 0.449. The summed E-state index contributed by atoms with van der Waals surface area (Å²) in [6.45, 7) is 13.3. The zero-order chi connectivity index (χ0) is 27.5. The first-order valence-electron chi connectivity index (χ1n) is 12.8. The second-order valence-corrected chi connectivity index (χ2v) is 12.4. The molecule has 0 aliphatic carbocycles. The van der Waals surface area contributed by atoms with Crippen LogP contribution in [0.15, 0.2) is 59.5 Å². The molecule has 0 bridgehead atoms. The number of aromatic nitrogens is 2. The Hall–Kier alpha value is -3.21. The van der Waals surface area contributed by atoms with Crippen LogP contribution in [0.1, 0.15) is 49.3 Å². The third kappa shape index (κ3) is 6.43. The van der Waals surface area contributed by atoms with Gasteiger partial charge in [0.25, 0.3) is 15.9 Å². The van der Waals surface area contributed by atoms with Crippen molar-refractivity contribution in [1.82, 2.24) is 20.0 Å². The minimum atomic E-state index is -4.04. The molecule has 3 aromatic rings. The van der Waals surface area contributed by atoms with Crippen molar-refractivity contribution < 1.29 is 17.9 Å². The van der Waals surface area contributed by atoms with Crippen molar-refractivity contribution >= 4 is 21.7 Å². The van der Waals surface area contributed by atoms with E-state index in [0.29, 0.717) is 31.1 Å². The number of morpholine rings is 1. The highest BCUT2D eigenvalue weighted by molar-refractivity contribution is 7.92. The molecule has 204 valence electrons. The third-order valence-electron chi connectivity index (χ3n) is 6.88. The number of carbonyl (C=O) groups is 1. The number of para-hydroxylation sites is 1. The van der Waals surface area contributed by atoms with Gasteiger partial charge in [-0.05, 0) is 49.1 Å². The Bertz CT molecular complexity index is 1370. The standard InChI is InChI=1S/C28H37N5O4S/c1-20-25(27(34)29-21(2)28(3,4)5)26(33(30-20)23-11-7-6-8-12-23)31-38(35,36)24-13-9-10-22(18-24)19-32-14-16-37-17-15-32/h6-13,18,21,31H,14-17,19H2,1-5H3,(H,29,34)/t21-/m0/s1. The van der Waals surface area contributed by atoms with Crippen LogP contribution < -0.4 is 10.0 Å². The number of nitrogens with one attached hydrogen (secondary N) is 2. The Labute approximate surface area is 225 Å². The van der Waals surface area contributed by atoms with E-state index in [2.05, 4.69) is 20.0 Å². The van der Waals surface area contributed by atoms with Gasteiger partial charge in [0, 0.05) is 25.7 Å². The van der Waals surface area contributed by atoms with Crippen molar-refractivity contribution in [3.8, 4) is 5.69 Å². The summed E-state index contributed by atoms with van der Waals surface area (Å²) in [5.74, 6) is -0.281. The number of rotatable bonds is 8. The summed E-state index contributed by atoms with van der Waals surface area (Å²) >= 11 is 0. The topological polar surface area (TPSA) is 106 Å². The number of nitrogens with zero attached hydrogens (tertiary/aromatic N) is 3. The summed E-state index contributed by atoms with van der Waals surface area (Å²) < 4.78 is 36.9. The molecular formula is C28H37N5O4S. The number of hydrogen-bond donors (Lipinski definition) is 2. The van der Waals surface area contributed by atoms with Crippen LogP contribution in [0.25, 0.3) is 5.69 Å². The highest BCUT2D eigenvalue weighted by Gasteiger charge is 2.30. The summed E-state index contributed by atoms with van der Waals surface area (Å²) in [5, 5.41) is 7.57. The zero-order valence-electron chi connectivity index (χ0n) is 22.7. The van der Waals surface area contributed by atoms with Crippen LogP contribution in [-0.2, 0) is 21.3 Å². The lowest BCUT2D eigenvalue weighted by Crippen LogP contribution is -2.41. The van der Waals surface area contributed by atoms with Gasteiger partial charge in [-0.3, -0.25) is 14.4 Å². The molecule has 0 unspecified atom stereocenters. The Morgan fingerprint density at radius 1 is 1.08 bits per heavy atom. The van der Waals surface area contributed by atoms with Crippen LogP contribution in [0.4, 0.5) is 5.82 Å². The predicted octanol–water partition coefficient (Wildman–Crippen LogP) is 3.98. The number of anilines is 1. The molecule has 1 atom stereocenters. The van der Waals surface area contributed by atoms with Gasteiger partial charge in [0.1, 0.15) is 5.56 Å². The zero-order valence-corrected chi connectivity index (χ0v) is 23.5. The van der Waals surface area contributed by atoms with E-state index in [0.717, 1.165) is 18.7 Å². The third-order valence-corrected chi connectivity index (χ3v) is 8.22. The summed E-state index contributed by atoms with van der Waals surface area (Å²) in [4.78, 5) is 15.8. The van der Waals surface area contributed by atoms with Crippen LogP contribution in [-0.4, -0.2) is 61.4 Å². The molecule has 1 saturated heterocycles. The van der Waals surface area contributed by atoms with Gasteiger partial charge in [-0.1, -0.05) is 51.1 Å². The maximum absolute atomic E-state index is 13.7. The van der Waals surface area contributed by atoms with Crippen LogP contribution >= 0.6 is 0 Å². The van der Waals surface area contributed by atoms with Gasteiger partial charge in [0.15, 0.2) is 5.82 Å². The Morgan fingerprint density at radius 2 is 1.76 bits per heavy atom. The average molecular weight is 540 g/mol. The smallest absolute Gasteiger partial charge is 0.263 e. The van der Waals surface area contributed by atoms with Gasteiger partial charge in [-0.2, -0.15) is 5.10 Å². The van der Waals surface area contributed by atoms with E-state index in [1.165, 1.54) is 4.68 Å². The van der Waals surface area contributed by atoms with E-state index < -0.39 is 10.0 Å². The largest absolute Gasteiger partial charge is 0.379 e. The predicted molar refractivity (Wildman–Crippen MR) is 148 cm³/mol. The molecule has 0 saturated carbocycles. The first-order valence-corrected chi connectivity index (χ1v) is 14.3. The van der Waals surface area contributed by atoms with Crippen LogP contribution in [0.3, 0.4) is 0 Å². The fraction of sp³-hybridized carbons (Fsp3) is 0.429. The molecule has 1 aliphatic heterocycles. The average Bonchev–Trinajstić information content (AvgIpc) is 3.19. The van der Waals surface area contributed by atoms with Gasteiger partial charge in [0.05, 0.1) is 29.5 Å². The number of ether oxygens (including phenoxy) is 1. The number of amides is 1. The van der Waals surface area contributed by atoms with E-state index in [-0.39, 0.29) is 33.6 Å². The Morgan fingerprint density at radius 3 is 2.42 bits per heavy atom. The summed E-state index contributed by atoms with van der Waals surface area (Å²) in [6.07, 6.45) is 0. The Kier molecular flexibility index (Phi) is 8.25. The van der Waals surface area contributed by atoms with E-state index in [1.54, 1.807) is 25.1 Å². The molecule has 1 aliphatic rings. The fourth-order valence-electron chi connectivity index (χ4n) is 4.15. The molecule has 2 N–H and O–H groups in total. The molecule has 2 aromatic carbocycles. The van der Waals surface area contributed by atoms with Crippen molar-refractivity contribution in [3.63, 3.8) is 0 Å². The first-order chi connectivity index (χ1) is 18.0. The molecular weight excluding hydrogens is 502 g/mol. The van der Waals surface area contributed by atoms with Crippen LogP contribution in [0.2, 0.25) is 0 Å². The van der Waals surface area contributed by atoms with E-state index >= 15 is 0 Å². The molecule has 9 nitrogen and oxygen atoms in total. The number of benzene rings is 2. The first kappa shape index (κ1) is 27.8. The lowest BCUT2D eigenvalue weighted by atomic mass is 9.88. The van der Waals surface area contributed by atoms with Gasteiger partial charge >= 0.3 is 0 Å². The molecule has 4 rings (SSSR count). The second kappa shape index (κ2) is 11.3. The molecule has 1 fully saturated rings. The highest BCUT2D eigenvalue weighted by Crippen LogP contribution is 2.28. The van der Waals surface area contributed by atoms with Gasteiger partial charge in [0.2, 0.25) is 0 Å². The van der Waals surface area contributed by atoms with Crippen molar-refractivity contribution in [2.75, 3.05) is 31.0 Å². The Balaban J connectivity index is 1.70. The van der Waals surface area contributed by atoms with E-state index in [9.17, 15) is 13.2 Å². The second-order valence-electron chi connectivity index (χ2n) is 10.8. The number of hydrogen-bond acceptors (Lipinski definition) is 6. The molecule has 1 aromatic heterocycles. The number of aryl methyl sites for hydroxylation is 1. The van der Waals surface area contributed by atoms with E-state index in [4.69, 9.17) is 4.74 Å². The lowest BCUT2D eigenvalue weighted by Gasteiger charge is -2.28. The summed E-state index contributed by atoms with van der Waals surface area (Å²) in [6, 6.07) is 15.9. The minimum absolute atomic E-state index is 0.103. The van der Waals surface area contributed by atoms with Crippen molar-refractivity contribution in [2.45, 2.75) is 52.1 Å². The highest BCUT2D eigenvalue weighted by atomic mass is 32.2. The molecule has 38 heavy (non-hydrogen) atoms. The SMILES string of the molecule is Cc1nn(-c2ccccc2)c(NS(=O)(=O)c2cccc(CN3CCOCC3)c2)c1C(=O)N[C@@H](C)C(C)(C)C. The van der Waals surface area contributed by atoms with E-state index in [1.807, 2.05) is 64.1 Å². The van der Waals surface area contributed by atoms with Gasteiger partial charge < -0.3 is 10.1 Å². The van der Waals surface area contributed by atoms with Crippen molar-refractivity contribution in [3.05, 3.63) is 71.4 Å². The van der Waals surface area contributed by atoms with Gasteiger partial charge in [-0.15, -0.1) is 0 Å². The monoisotopic (exact) mass is 539 g/mol. The molecule has 0 radical (unpaired) electrons. The minimum Gasteiger partial charge on any atom is -0.379 e. The molecule has 0 spiro atoms. The van der Waals surface area contributed by atoms with Crippen LogP contribution in [0, 0.1) is 12.3 Å². The maximum atomic E-state index is 13.7. The van der Waals surface area contributed by atoms with Crippen LogP contribution in [0.5, 0.6) is 0 Å². The molecule has 2 heterocycles. The molecule has 1 amide bonds. The number of carbonyl (C=O) groups excluding carboxylic acids is 1. The summed E-state index contributed by atoms with van der Waals surface area (Å²) in [5.41, 5.74) is 1.96. The van der Waals surface area contributed by atoms with Gasteiger partial charge in [-0.25, -0.2) is 13.1 Å².